The topological polar surface area (TPSA) is 60.2 Å². The van der Waals surface area contributed by atoms with Crippen molar-refractivity contribution in [1.29, 1.82) is 0 Å². The lowest BCUT2D eigenvalue weighted by Gasteiger charge is -2.40. The minimum absolute atomic E-state index is 0.0619. The molecular weight excluding hydrogens is 162 g/mol. The predicted molar refractivity (Wildman–Crippen MR) is 45.0 cm³/mol. The molecule has 0 aromatic rings. The molecular formula is C7H15NO2S. The summed E-state index contributed by atoms with van der Waals surface area (Å²) in [5.41, 5.74) is 5.45. The second-order valence-corrected chi connectivity index (χ2v) is 5.77. The first-order chi connectivity index (χ1) is 4.97. The fourth-order valence-electron chi connectivity index (χ4n) is 1.64. The Morgan fingerprint density at radius 1 is 1.45 bits per heavy atom. The van der Waals surface area contributed by atoms with Gasteiger partial charge in [0, 0.05) is 6.26 Å². The van der Waals surface area contributed by atoms with Gasteiger partial charge in [0.15, 0.2) is 0 Å². The molecule has 0 heterocycles. The minimum atomic E-state index is -2.83. The molecule has 0 atom stereocenters. The molecule has 0 aliphatic heterocycles. The Morgan fingerprint density at radius 3 is 2.09 bits per heavy atom. The molecule has 4 heteroatoms. The quantitative estimate of drug-likeness (QED) is 0.668. The van der Waals surface area contributed by atoms with Gasteiger partial charge in [-0.2, -0.15) is 0 Å². The SMILES string of the molecule is CS(=O)(=O)CC1(CN)CCC1. The van der Waals surface area contributed by atoms with E-state index in [9.17, 15) is 8.42 Å². The van der Waals surface area contributed by atoms with Gasteiger partial charge < -0.3 is 5.73 Å². The first-order valence-corrected chi connectivity index (χ1v) is 5.91. The van der Waals surface area contributed by atoms with Gasteiger partial charge in [-0.1, -0.05) is 6.42 Å². The van der Waals surface area contributed by atoms with Gasteiger partial charge >= 0.3 is 0 Å². The monoisotopic (exact) mass is 177 g/mol. The van der Waals surface area contributed by atoms with Crippen LogP contribution in [-0.4, -0.2) is 27.0 Å². The second kappa shape index (κ2) is 2.75. The maximum absolute atomic E-state index is 10.9. The molecule has 1 saturated carbocycles. The fraction of sp³-hybridized carbons (Fsp3) is 1.00. The number of rotatable bonds is 3. The third kappa shape index (κ3) is 2.17. The Kier molecular flexibility index (Phi) is 2.25. The largest absolute Gasteiger partial charge is 0.330 e. The highest BCUT2D eigenvalue weighted by atomic mass is 32.2. The van der Waals surface area contributed by atoms with Crippen LogP contribution in [0.5, 0.6) is 0 Å². The molecule has 0 radical (unpaired) electrons. The standard InChI is InChI=1S/C7H15NO2S/c1-11(9,10)6-7(5-8)3-2-4-7/h2-6,8H2,1H3. The zero-order valence-electron chi connectivity index (χ0n) is 6.84. The molecule has 0 amide bonds. The number of hydrogen-bond acceptors (Lipinski definition) is 3. The normalized spacial score (nSPS) is 22.7. The molecule has 0 spiro atoms. The van der Waals surface area contributed by atoms with Gasteiger partial charge in [-0.3, -0.25) is 0 Å². The summed E-state index contributed by atoms with van der Waals surface area (Å²) in [5, 5.41) is 0. The molecule has 0 saturated heterocycles. The predicted octanol–water partition coefficient (Wildman–Crippen LogP) is 0.160. The van der Waals surface area contributed by atoms with Crippen LogP contribution < -0.4 is 5.73 Å². The molecule has 0 aromatic carbocycles. The first-order valence-electron chi connectivity index (χ1n) is 3.85. The molecule has 11 heavy (non-hydrogen) atoms. The minimum Gasteiger partial charge on any atom is -0.330 e. The third-order valence-electron chi connectivity index (χ3n) is 2.42. The summed E-state index contributed by atoms with van der Waals surface area (Å²) in [6.07, 6.45) is 4.38. The van der Waals surface area contributed by atoms with Crippen LogP contribution in [0.3, 0.4) is 0 Å². The maximum atomic E-state index is 10.9. The molecule has 66 valence electrons. The lowest BCUT2D eigenvalue weighted by Crippen LogP contribution is -2.42. The summed E-state index contributed by atoms with van der Waals surface area (Å²) >= 11 is 0. The van der Waals surface area contributed by atoms with Crippen molar-refractivity contribution < 1.29 is 8.42 Å². The summed E-state index contributed by atoms with van der Waals surface area (Å²) < 4.78 is 21.9. The summed E-state index contributed by atoms with van der Waals surface area (Å²) in [7, 11) is -2.83. The van der Waals surface area contributed by atoms with E-state index < -0.39 is 9.84 Å². The van der Waals surface area contributed by atoms with Crippen molar-refractivity contribution in [1.82, 2.24) is 0 Å². The van der Waals surface area contributed by atoms with Crippen LogP contribution in [0.15, 0.2) is 0 Å². The van der Waals surface area contributed by atoms with Crippen molar-refractivity contribution in [3.05, 3.63) is 0 Å². The zero-order valence-corrected chi connectivity index (χ0v) is 7.65. The van der Waals surface area contributed by atoms with Gasteiger partial charge in [-0.25, -0.2) is 8.42 Å². The fourth-order valence-corrected chi connectivity index (χ4v) is 3.16. The van der Waals surface area contributed by atoms with Crippen LogP contribution in [0.1, 0.15) is 19.3 Å². The van der Waals surface area contributed by atoms with Crippen molar-refractivity contribution >= 4 is 9.84 Å². The highest BCUT2D eigenvalue weighted by Gasteiger charge is 2.38. The average Bonchev–Trinajstić information content (AvgIpc) is 1.77. The van der Waals surface area contributed by atoms with Crippen LogP contribution in [-0.2, 0) is 9.84 Å². The van der Waals surface area contributed by atoms with Crippen LogP contribution in [0, 0.1) is 5.41 Å². The lowest BCUT2D eigenvalue weighted by atomic mass is 9.70. The van der Waals surface area contributed by atoms with E-state index in [4.69, 9.17) is 5.73 Å². The van der Waals surface area contributed by atoms with E-state index in [0.29, 0.717) is 6.54 Å². The van der Waals surface area contributed by atoms with Crippen molar-refractivity contribution in [3.8, 4) is 0 Å². The highest BCUT2D eigenvalue weighted by Crippen LogP contribution is 2.40. The zero-order chi connectivity index (χ0) is 8.54. The summed E-state index contributed by atoms with van der Waals surface area (Å²) in [4.78, 5) is 0. The van der Waals surface area contributed by atoms with Crippen LogP contribution in [0.2, 0.25) is 0 Å². The van der Waals surface area contributed by atoms with Gasteiger partial charge in [-0.05, 0) is 24.8 Å². The molecule has 0 unspecified atom stereocenters. The van der Waals surface area contributed by atoms with Gasteiger partial charge in [-0.15, -0.1) is 0 Å². The Balaban J connectivity index is 2.59. The van der Waals surface area contributed by atoms with E-state index >= 15 is 0 Å². The molecule has 1 aliphatic carbocycles. The first kappa shape index (κ1) is 9.00. The van der Waals surface area contributed by atoms with Gasteiger partial charge in [0.2, 0.25) is 0 Å². The maximum Gasteiger partial charge on any atom is 0.148 e. The molecule has 0 bridgehead atoms. The van der Waals surface area contributed by atoms with Crippen molar-refractivity contribution in [2.45, 2.75) is 19.3 Å². The lowest BCUT2D eigenvalue weighted by molar-refractivity contribution is 0.177. The number of nitrogens with two attached hydrogens (primary N) is 1. The Morgan fingerprint density at radius 2 is 2.00 bits per heavy atom. The molecule has 2 N–H and O–H groups in total. The van der Waals surface area contributed by atoms with Crippen molar-refractivity contribution in [2.24, 2.45) is 11.1 Å². The van der Waals surface area contributed by atoms with Gasteiger partial charge in [0.1, 0.15) is 9.84 Å². The Labute approximate surface area is 67.9 Å². The summed E-state index contributed by atoms with van der Waals surface area (Å²) in [5.74, 6) is 0.274. The van der Waals surface area contributed by atoms with Crippen LogP contribution in [0.25, 0.3) is 0 Å². The Bertz CT molecular complexity index is 223. The van der Waals surface area contributed by atoms with Gasteiger partial charge in [0.05, 0.1) is 5.75 Å². The van der Waals surface area contributed by atoms with E-state index in [1.54, 1.807) is 0 Å². The average molecular weight is 177 g/mol. The van der Waals surface area contributed by atoms with E-state index in [-0.39, 0.29) is 11.2 Å². The Hall–Kier alpha value is -0.0900. The van der Waals surface area contributed by atoms with E-state index in [1.165, 1.54) is 6.26 Å². The van der Waals surface area contributed by atoms with E-state index in [1.807, 2.05) is 0 Å². The summed E-state index contributed by atoms with van der Waals surface area (Å²) in [6.45, 7) is 0.514. The van der Waals surface area contributed by atoms with Crippen molar-refractivity contribution in [2.75, 3.05) is 18.6 Å². The molecule has 1 rings (SSSR count). The number of sulfone groups is 1. The molecule has 1 aliphatic rings. The smallest absolute Gasteiger partial charge is 0.148 e. The molecule has 1 fully saturated rings. The van der Waals surface area contributed by atoms with E-state index in [2.05, 4.69) is 0 Å². The second-order valence-electron chi connectivity index (χ2n) is 3.63. The third-order valence-corrected chi connectivity index (χ3v) is 3.55. The molecule has 0 aromatic heterocycles. The molecule has 3 nitrogen and oxygen atoms in total. The highest BCUT2D eigenvalue weighted by molar-refractivity contribution is 7.90. The van der Waals surface area contributed by atoms with Crippen molar-refractivity contribution in [3.63, 3.8) is 0 Å². The van der Waals surface area contributed by atoms with Gasteiger partial charge in [0.25, 0.3) is 0 Å². The number of hydrogen-bond donors (Lipinski definition) is 1. The summed E-state index contributed by atoms with van der Waals surface area (Å²) in [6, 6.07) is 0. The van der Waals surface area contributed by atoms with Crippen LogP contribution >= 0.6 is 0 Å². The van der Waals surface area contributed by atoms with Crippen LogP contribution in [0.4, 0.5) is 0 Å². The van der Waals surface area contributed by atoms with E-state index in [0.717, 1.165) is 19.3 Å².